The largest absolute Gasteiger partial charge is 0.496 e. The summed E-state index contributed by atoms with van der Waals surface area (Å²) < 4.78 is 30.0. The molecule has 0 aromatic heterocycles. The van der Waals surface area contributed by atoms with Crippen LogP contribution >= 0.6 is 11.6 Å². The minimum atomic E-state index is -3.68. The van der Waals surface area contributed by atoms with Crippen molar-refractivity contribution in [1.29, 1.82) is 0 Å². The van der Waals surface area contributed by atoms with Crippen molar-refractivity contribution in [2.45, 2.75) is 13.0 Å². The van der Waals surface area contributed by atoms with E-state index in [0.29, 0.717) is 5.75 Å². The number of amides is 2. The molecule has 0 unspecified atom stereocenters. The number of para-hydroxylation sites is 1. The van der Waals surface area contributed by atoms with Gasteiger partial charge in [-0.1, -0.05) is 29.8 Å². The molecule has 2 aromatic rings. The fourth-order valence-corrected chi connectivity index (χ4v) is 4.52. The summed E-state index contributed by atoms with van der Waals surface area (Å²) in [5.41, 5.74) is 1.11. The Morgan fingerprint density at radius 2 is 2.00 bits per heavy atom. The van der Waals surface area contributed by atoms with Crippen LogP contribution in [0.3, 0.4) is 0 Å². The average Bonchev–Trinajstić information content (AvgIpc) is 2.92. The summed E-state index contributed by atoms with van der Waals surface area (Å²) in [5.74, 6) is -0.519. The number of nitrogens with zero attached hydrogens (tertiary/aromatic N) is 1. The fourth-order valence-electron chi connectivity index (χ4n) is 2.80. The third kappa shape index (κ3) is 3.91. The summed E-state index contributed by atoms with van der Waals surface area (Å²) in [5, 5.41) is 2.80. The average molecular weight is 409 g/mol. The number of rotatable bonds is 5. The van der Waals surface area contributed by atoms with Crippen molar-refractivity contribution < 1.29 is 22.7 Å². The first kappa shape index (κ1) is 19.2. The van der Waals surface area contributed by atoms with Gasteiger partial charge in [0, 0.05) is 18.5 Å². The minimum Gasteiger partial charge on any atom is -0.496 e. The van der Waals surface area contributed by atoms with E-state index in [1.165, 1.54) is 18.2 Å². The number of hydrogen-bond donors (Lipinski definition) is 1. The zero-order valence-electron chi connectivity index (χ0n) is 14.4. The zero-order chi connectivity index (χ0) is 19.6. The van der Waals surface area contributed by atoms with Crippen molar-refractivity contribution in [3.8, 4) is 5.75 Å². The van der Waals surface area contributed by atoms with Gasteiger partial charge in [-0.15, -0.1) is 0 Å². The maximum absolute atomic E-state index is 12.4. The summed E-state index contributed by atoms with van der Waals surface area (Å²) in [6, 6.07) is 11.4. The van der Waals surface area contributed by atoms with E-state index in [2.05, 4.69) is 5.32 Å². The van der Waals surface area contributed by atoms with Crippen LogP contribution in [0.2, 0.25) is 5.02 Å². The van der Waals surface area contributed by atoms with Crippen molar-refractivity contribution in [3.63, 3.8) is 0 Å². The third-order valence-corrected chi connectivity index (χ3v) is 6.15. The van der Waals surface area contributed by atoms with Gasteiger partial charge in [-0.2, -0.15) is 0 Å². The highest BCUT2D eigenvalue weighted by molar-refractivity contribution is 7.94. The topological polar surface area (TPSA) is 92.8 Å². The van der Waals surface area contributed by atoms with Gasteiger partial charge in [0.1, 0.15) is 5.75 Å². The quantitative estimate of drug-likeness (QED) is 0.819. The Hall–Kier alpha value is -2.58. The lowest BCUT2D eigenvalue weighted by Gasteiger charge is -2.16. The maximum atomic E-state index is 12.4. The molecular formula is C18H17ClN2O5S. The standard InChI is InChI=1S/C18H17ClN2O5S/c1-26-16-5-3-2-4-12(16)11-20-18(23)14-7-6-13(10-15(14)19)21-17(22)8-9-27(21,24)25/h2-7,10H,8-9,11H2,1H3,(H,20,23). The molecule has 1 heterocycles. The molecule has 0 saturated carbocycles. The summed E-state index contributed by atoms with van der Waals surface area (Å²) in [6.07, 6.45) is -0.0684. The van der Waals surface area contributed by atoms with Gasteiger partial charge in [-0.05, 0) is 24.3 Å². The van der Waals surface area contributed by atoms with E-state index in [-0.39, 0.29) is 35.0 Å². The molecule has 1 saturated heterocycles. The summed E-state index contributed by atoms with van der Waals surface area (Å²) in [7, 11) is -2.14. The third-order valence-electron chi connectivity index (χ3n) is 4.14. The van der Waals surface area contributed by atoms with Gasteiger partial charge >= 0.3 is 0 Å². The molecule has 142 valence electrons. The van der Waals surface area contributed by atoms with Crippen molar-refractivity contribution in [2.24, 2.45) is 0 Å². The molecule has 0 spiro atoms. The molecule has 2 amide bonds. The van der Waals surface area contributed by atoms with Gasteiger partial charge in [-0.3, -0.25) is 9.59 Å². The van der Waals surface area contributed by atoms with Crippen LogP contribution in [-0.4, -0.2) is 33.1 Å². The van der Waals surface area contributed by atoms with E-state index >= 15 is 0 Å². The molecule has 0 bridgehead atoms. The Labute approximate surface area is 161 Å². The van der Waals surface area contributed by atoms with Crippen LogP contribution in [0.5, 0.6) is 5.75 Å². The Morgan fingerprint density at radius 3 is 2.63 bits per heavy atom. The van der Waals surface area contributed by atoms with Crippen LogP contribution in [0.25, 0.3) is 0 Å². The van der Waals surface area contributed by atoms with E-state index in [4.69, 9.17) is 16.3 Å². The first-order chi connectivity index (χ1) is 12.8. The minimum absolute atomic E-state index is 0.0555. The van der Waals surface area contributed by atoms with Crippen LogP contribution < -0.4 is 14.4 Å². The van der Waals surface area contributed by atoms with Crippen LogP contribution in [-0.2, 0) is 21.4 Å². The van der Waals surface area contributed by atoms with Crippen molar-refractivity contribution >= 4 is 39.1 Å². The van der Waals surface area contributed by atoms with E-state index in [1.54, 1.807) is 13.2 Å². The molecule has 27 heavy (non-hydrogen) atoms. The lowest BCUT2D eigenvalue weighted by atomic mass is 10.1. The number of ether oxygens (including phenoxy) is 1. The number of sulfonamides is 1. The van der Waals surface area contributed by atoms with Gasteiger partial charge < -0.3 is 10.1 Å². The predicted octanol–water partition coefficient (Wildman–Crippen LogP) is 2.35. The Bertz CT molecular complexity index is 1010. The second-order valence-electron chi connectivity index (χ2n) is 5.88. The van der Waals surface area contributed by atoms with Crippen LogP contribution in [0, 0.1) is 0 Å². The van der Waals surface area contributed by atoms with Gasteiger partial charge in [-0.25, -0.2) is 12.7 Å². The first-order valence-electron chi connectivity index (χ1n) is 8.09. The number of hydrogen-bond acceptors (Lipinski definition) is 5. The van der Waals surface area contributed by atoms with Crippen molar-refractivity contribution in [2.75, 3.05) is 17.2 Å². The molecule has 0 atom stereocenters. The highest BCUT2D eigenvalue weighted by Gasteiger charge is 2.36. The molecule has 0 aliphatic carbocycles. The predicted molar refractivity (Wildman–Crippen MR) is 102 cm³/mol. The van der Waals surface area contributed by atoms with Gasteiger partial charge in [0.2, 0.25) is 15.9 Å². The molecule has 3 rings (SSSR count). The molecule has 0 radical (unpaired) electrons. The van der Waals surface area contributed by atoms with Crippen LogP contribution in [0.1, 0.15) is 22.3 Å². The molecular weight excluding hydrogens is 392 g/mol. The Kier molecular flexibility index (Phi) is 5.38. The molecule has 9 heteroatoms. The number of halogens is 1. The number of nitrogens with one attached hydrogen (secondary N) is 1. The molecule has 2 aromatic carbocycles. The maximum Gasteiger partial charge on any atom is 0.253 e. The monoisotopic (exact) mass is 408 g/mol. The van der Waals surface area contributed by atoms with Crippen molar-refractivity contribution in [3.05, 3.63) is 58.6 Å². The van der Waals surface area contributed by atoms with Crippen LogP contribution in [0.4, 0.5) is 5.69 Å². The number of carbonyl (C=O) groups excluding carboxylic acids is 2. The van der Waals surface area contributed by atoms with E-state index in [0.717, 1.165) is 9.87 Å². The first-order valence-corrected chi connectivity index (χ1v) is 10.1. The highest BCUT2D eigenvalue weighted by atomic mass is 35.5. The number of benzene rings is 2. The molecule has 1 aliphatic heterocycles. The molecule has 1 aliphatic rings. The molecule has 1 N–H and O–H groups in total. The number of carbonyl (C=O) groups is 2. The smallest absolute Gasteiger partial charge is 0.253 e. The fraction of sp³-hybridized carbons (Fsp3) is 0.222. The second kappa shape index (κ2) is 7.58. The van der Waals surface area contributed by atoms with E-state index in [1.807, 2.05) is 18.2 Å². The normalized spacial score (nSPS) is 15.6. The van der Waals surface area contributed by atoms with Crippen molar-refractivity contribution in [1.82, 2.24) is 5.32 Å². The Morgan fingerprint density at radius 1 is 1.26 bits per heavy atom. The van der Waals surface area contributed by atoms with Gasteiger partial charge in [0.15, 0.2) is 0 Å². The SMILES string of the molecule is COc1ccccc1CNC(=O)c1ccc(N2C(=O)CCS2(=O)=O)cc1Cl. The summed E-state index contributed by atoms with van der Waals surface area (Å²) >= 11 is 6.17. The van der Waals surface area contributed by atoms with Gasteiger partial charge in [0.05, 0.1) is 29.1 Å². The lowest BCUT2D eigenvalue weighted by Crippen LogP contribution is -2.29. The number of methoxy groups -OCH3 is 1. The van der Waals surface area contributed by atoms with Gasteiger partial charge in [0.25, 0.3) is 5.91 Å². The van der Waals surface area contributed by atoms with E-state index < -0.39 is 21.8 Å². The summed E-state index contributed by atoms with van der Waals surface area (Å²) in [4.78, 5) is 24.3. The number of anilines is 1. The van der Waals surface area contributed by atoms with Crippen LogP contribution in [0.15, 0.2) is 42.5 Å². The summed E-state index contributed by atoms with van der Waals surface area (Å²) in [6.45, 7) is 0.236. The second-order valence-corrected chi connectivity index (χ2v) is 8.23. The molecule has 7 nitrogen and oxygen atoms in total. The lowest BCUT2D eigenvalue weighted by molar-refractivity contribution is -0.116. The highest BCUT2D eigenvalue weighted by Crippen LogP contribution is 2.29. The Balaban J connectivity index is 1.78. The van der Waals surface area contributed by atoms with E-state index in [9.17, 15) is 18.0 Å². The zero-order valence-corrected chi connectivity index (χ0v) is 16.0. The molecule has 1 fully saturated rings.